The molecule has 0 radical (unpaired) electrons. The van der Waals surface area contributed by atoms with Crippen LogP contribution in [0.15, 0.2) is 0 Å². The summed E-state index contributed by atoms with van der Waals surface area (Å²) >= 11 is 0. The van der Waals surface area contributed by atoms with Crippen LogP contribution in [0.25, 0.3) is 0 Å². The Balaban J connectivity index is 1.75. The third-order valence-electron chi connectivity index (χ3n) is 4.09. The zero-order valence-corrected chi connectivity index (χ0v) is 9.63. The molecule has 2 fully saturated rings. The molecule has 2 aliphatic heterocycles. The van der Waals surface area contributed by atoms with E-state index in [0.717, 1.165) is 18.0 Å². The number of nitrogens with one attached hydrogen (secondary N) is 1. The van der Waals surface area contributed by atoms with Gasteiger partial charge in [0.05, 0.1) is 0 Å². The Hall–Kier alpha value is -0.0800. The Bertz CT molecular complexity index is 177. The summed E-state index contributed by atoms with van der Waals surface area (Å²) in [6.45, 7) is 8.60. The molecule has 1 N–H and O–H groups in total. The third kappa shape index (κ3) is 2.12. The Morgan fingerprint density at radius 2 is 2.07 bits per heavy atom. The van der Waals surface area contributed by atoms with E-state index in [2.05, 4.69) is 24.1 Å². The van der Waals surface area contributed by atoms with Gasteiger partial charge >= 0.3 is 0 Å². The summed E-state index contributed by atoms with van der Waals surface area (Å²) in [5, 5.41) is 3.35. The Morgan fingerprint density at radius 1 is 1.29 bits per heavy atom. The third-order valence-corrected chi connectivity index (χ3v) is 4.09. The molecule has 2 saturated heterocycles. The van der Waals surface area contributed by atoms with Gasteiger partial charge in [0, 0.05) is 12.1 Å². The van der Waals surface area contributed by atoms with Crippen molar-refractivity contribution in [2.75, 3.05) is 19.6 Å². The Morgan fingerprint density at radius 3 is 2.64 bits per heavy atom. The maximum atomic E-state index is 3.35. The van der Waals surface area contributed by atoms with Crippen LogP contribution < -0.4 is 5.32 Å². The minimum atomic E-state index is 0.841. The van der Waals surface area contributed by atoms with Gasteiger partial charge in [-0.15, -0.1) is 0 Å². The molecule has 2 nitrogen and oxygen atoms in total. The first-order chi connectivity index (χ1) is 6.81. The number of nitrogens with zero attached hydrogens (tertiary/aromatic N) is 1. The highest BCUT2D eigenvalue weighted by molar-refractivity contribution is 4.85. The SMILES string of the molecule is CCC1CCC(C)N1CCC1CNC1. The molecule has 82 valence electrons. The fraction of sp³-hybridized carbons (Fsp3) is 1.00. The highest BCUT2D eigenvalue weighted by atomic mass is 15.2. The van der Waals surface area contributed by atoms with Crippen LogP contribution in [0, 0.1) is 5.92 Å². The van der Waals surface area contributed by atoms with Crippen molar-refractivity contribution in [1.82, 2.24) is 10.2 Å². The minimum Gasteiger partial charge on any atom is -0.316 e. The van der Waals surface area contributed by atoms with Crippen molar-refractivity contribution < 1.29 is 0 Å². The molecule has 2 aliphatic rings. The molecular formula is C12H24N2. The molecular weight excluding hydrogens is 172 g/mol. The minimum absolute atomic E-state index is 0.841. The van der Waals surface area contributed by atoms with Crippen molar-refractivity contribution in [3.05, 3.63) is 0 Å². The van der Waals surface area contributed by atoms with Crippen molar-refractivity contribution in [1.29, 1.82) is 0 Å². The molecule has 2 unspecified atom stereocenters. The van der Waals surface area contributed by atoms with E-state index in [0.29, 0.717) is 0 Å². The highest BCUT2D eigenvalue weighted by Gasteiger charge is 2.29. The lowest BCUT2D eigenvalue weighted by Gasteiger charge is -2.32. The van der Waals surface area contributed by atoms with Crippen molar-refractivity contribution in [2.24, 2.45) is 5.92 Å². The first-order valence-corrected chi connectivity index (χ1v) is 6.27. The summed E-state index contributed by atoms with van der Waals surface area (Å²) in [7, 11) is 0. The molecule has 0 aromatic carbocycles. The molecule has 0 spiro atoms. The summed E-state index contributed by atoms with van der Waals surface area (Å²) in [4.78, 5) is 2.75. The second-order valence-corrected chi connectivity index (χ2v) is 5.04. The van der Waals surface area contributed by atoms with E-state index in [-0.39, 0.29) is 0 Å². The molecule has 2 heterocycles. The molecule has 2 heteroatoms. The van der Waals surface area contributed by atoms with Crippen LogP contribution in [-0.4, -0.2) is 36.6 Å². The van der Waals surface area contributed by atoms with E-state index in [1.165, 1.54) is 45.3 Å². The van der Waals surface area contributed by atoms with Gasteiger partial charge in [0.25, 0.3) is 0 Å². The summed E-state index contributed by atoms with van der Waals surface area (Å²) in [6, 6.07) is 1.73. The molecule has 0 aromatic heterocycles. The second kappa shape index (κ2) is 4.63. The van der Waals surface area contributed by atoms with E-state index >= 15 is 0 Å². The topological polar surface area (TPSA) is 15.3 Å². The lowest BCUT2D eigenvalue weighted by atomic mass is 9.99. The first kappa shape index (κ1) is 10.4. The van der Waals surface area contributed by atoms with Gasteiger partial charge in [0.1, 0.15) is 0 Å². The van der Waals surface area contributed by atoms with Crippen LogP contribution in [-0.2, 0) is 0 Å². The van der Waals surface area contributed by atoms with Crippen LogP contribution in [0.2, 0.25) is 0 Å². The number of rotatable bonds is 4. The number of hydrogen-bond acceptors (Lipinski definition) is 2. The average molecular weight is 196 g/mol. The van der Waals surface area contributed by atoms with E-state index in [9.17, 15) is 0 Å². The van der Waals surface area contributed by atoms with Gasteiger partial charge in [-0.3, -0.25) is 4.90 Å². The molecule has 14 heavy (non-hydrogen) atoms. The zero-order valence-electron chi connectivity index (χ0n) is 9.63. The summed E-state index contributed by atoms with van der Waals surface area (Å²) < 4.78 is 0. The fourth-order valence-corrected chi connectivity index (χ4v) is 2.85. The van der Waals surface area contributed by atoms with Crippen LogP contribution in [0.1, 0.15) is 39.5 Å². The van der Waals surface area contributed by atoms with Crippen molar-refractivity contribution in [3.8, 4) is 0 Å². The van der Waals surface area contributed by atoms with Crippen LogP contribution in [0.4, 0.5) is 0 Å². The van der Waals surface area contributed by atoms with Gasteiger partial charge in [-0.25, -0.2) is 0 Å². The highest BCUT2D eigenvalue weighted by Crippen LogP contribution is 2.26. The summed E-state index contributed by atoms with van der Waals surface area (Å²) in [5.41, 5.74) is 0. The van der Waals surface area contributed by atoms with Crippen LogP contribution in [0.3, 0.4) is 0 Å². The zero-order chi connectivity index (χ0) is 9.97. The molecule has 0 aromatic rings. The van der Waals surface area contributed by atoms with E-state index in [4.69, 9.17) is 0 Å². The van der Waals surface area contributed by atoms with E-state index in [1.54, 1.807) is 0 Å². The van der Waals surface area contributed by atoms with Crippen molar-refractivity contribution in [2.45, 2.75) is 51.6 Å². The van der Waals surface area contributed by atoms with Gasteiger partial charge in [-0.2, -0.15) is 0 Å². The van der Waals surface area contributed by atoms with E-state index < -0.39 is 0 Å². The molecule has 0 saturated carbocycles. The van der Waals surface area contributed by atoms with E-state index in [1.807, 2.05) is 0 Å². The largest absolute Gasteiger partial charge is 0.316 e. The average Bonchev–Trinajstić information content (AvgIpc) is 2.45. The predicted octanol–water partition coefficient (Wildman–Crippen LogP) is 1.86. The summed E-state index contributed by atoms with van der Waals surface area (Å²) in [6.07, 6.45) is 5.60. The second-order valence-electron chi connectivity index (χ2n) is 5.04. The number of likely N-dealkylation sites (tertiary alicyclic amines) is 1. The molecule has 0 bridgehead atoms. The first-order valence-electron chi connectivity index (χ1n) is 6.27. The van der Waals surface area contributed by atoms with Gasteiger partial charge in [0.15, 0.2) is 0 Å². The predicted molar refractivity (Wildman–Crippen MR) is 60.5 cm³/mol. The monoisotopic (exact) mass is 196 g/mol. The van der Waals surface area contributed by atoms with Gasteiger partial charge in [0.2, 0.25) is 0 Å². The van der Waals surface area contributed by atoms with Crippen LogP contribution in [0.5, 0.6) is 0 Å². The molecule has 2 atom stereocenters. The maximum Gasteiger partial charge on any atom is 0.00960 e. The normalized spacial score (nSPS) is 34.7. The maximum absolute atomic E-state index is 3.35. The lowest BCUT2D eigenvalue weighted by Crippen LogP contribution is -2.45. The standard InChI is InChI=1S/C12H24N2/c1-3-12-5-4-10(2)14(12)7-6-11-8-13-9-11/h10-13H,3-9H2,1-2H3. The molecule has 0 amide bonds. The van der Waals surface area contributed by atoms with Gasteiger partial charge < -0.3 is 5.32 Å². The quantitative estimate of drug-likeness (QED) is 0.738. The molecule has 0 aliphatic carbocycles. The van der Waals surface area contributed by atoms with Gasteiger partial charge in [-0.05, 0) is 58.2 Å². The molecule has 2 rings (SSSR count). The Kier molecular flexibility index (Phi) is 3.45. The fourth-order valence-electron chi connectivity index (χ4n) is 2.85. The van der Waals surface area contributed by atoms with Gasteiger partial charge in [-0.1, -0.05) is 6.92 Å². The smallest absolute Gasteiger partial charge is 0.00960 e. The van der Waals surface area contributed by atoms with Crippen molar-refractivity contribution >= 4 is 0 Å². The summed E-state index contributed by atoms with van der Waals surface area (Å²) in [5.74, 6) is 0.973. The number of hydrogen-bond donors (Lipinski definition) is 1. The van der Waals surface area contributed by atoms with Crippen molar-refractivity contribution in [3.63, 3.8) is 0 Å². The van der Waals surface area contributed by atoms with Crippen LogP contribution >= 0.6 is 0 Å². The Labute approximate surface area is 88.1 Å². The lowest BCUT2D eigenvalue weighted by molar-refractivity contribution is 0.172.